The maximum atomic E-state index is 13.2. The lowest BCUT2D eigenvalue weighted by Crippen LogP contribution is -2.07. The highest BCUT2D eigenvalue weighted by Crippen LogP contribution is 2.39. The molecule has 0 heterocycles. The largest absolute Gasteiger partial charge is 0.421 e. The van der Waals surface area contributed by atoms with E-state index in [9.17, 15) is 9.59 Å². The zero-order valence-electron chi connectivity index (χ0n) is 17.8. The molecular formula is C28H18Cl2O3S. The van der Waals surface area contributed by atoms with Crippen LogP contribution in [-0.4, -0.2) is 11.1 Å². The van der Waals surface area contributed by atoms with Gasteiger partial charge in [-0.15, -0.1) is 0 Å². The van der Waals surface area contributed by atoms with Crippen molar-refractivity contribution in [2.24, 2.45) is 0 Å². The lowest BCUT2D eigenvalue weighted by molar-refractivity contribution is 0.0693. The van der Waals surface area contributed by atoms with Crippen LogP contribution in [0.3, 0.4) is 0 Å². The number of hydrogen-bond acceptors (Lipinski definition) is 4. The van der Waals surface area contributed by atoms with Gasteiger partial charge in [-0.1, -0.05) is 83.9 Å². The Balaban J connectivity index is 1.86. The first-order valence-corrected chi connectivity index (χ1v) is 11.9. The minimum atomic E-state index is -0.537. The quantitative estimate of drug-likeness (QED) is 0.150. The van der Waals surface area contributed by atoms with Gasteiger partial charge in [0.15, 0.2) is 5.76 Å². The Kier molecular flexibility index (Phi) is 7.86. The second kappa shape index (κ2) is 11.2. The van der Waals surface area contributed by atoms with Crippen LogP contribution in [0.4, 0.5) is 0 Å². The number of hydrogen-bond donors (Lipinski definition) is 0. The number of ether oxygens (including phenoxy) is 1. The smallest absolute Gasteiger partial charge is 0.343 e. The first kappa shape index (κ1) is 23.8. The summed E-state index contributed by atoms with van der Waals surface area (Å²) in [5.74, 6) is -0.285. The molecule has 0 fully saturated rings. The molecule has 0 atom stereocenters. The molecule has 0 bridgehead atoms. The monoisotopic (exact) mass is 504 g/mol. The number of carbonyl (C=O) groups excluding carboxylic acids is 2. The van der Waals surface area contributed by atoms with Gasteiger partial charge in [-0.3, -0.25) is 4.79 Å². The molecule has 0 aromatic heterocycles. The maximum absolute atomic E-state index is 13.2. The molecule has 0 saturated heterocycles. The van der Waals surface area contributed by atoms with Crippen LogP contribution in [0.5, 0.6) is 0 Å². The average Bonchev–Trinajstić information content (AvgIpc) is 2.88. The van der Waals surface area contributed by atoms with Gasteiger partial charge in [0.25, 0.3) is 0 Å². The SMILES string of the molecule is O=C(O/C(=C(\SC(=O)c1ccccc1)c1ccc(Cl)cc1)c1ccc(Cl)cc1)c1ccccc1. The molecule has 0 unspecified atom stereocenters. The Morgan fingerprint density at radius 2 is 1.03 bits per heavy atom. The highest BCUT2D eigenvalue weighted by Gasteiger charge is 2.22. The fourth-order valence-corrected chi connectivity index (χ4v) is 4.32. The van der Waals surface area contributed by atoms with Gasteiger partial charge in [0.2, 0.25) is 5.12 Å². The van der Waals surface area contributed by atoms with E-state index >= 15 is 0 Å². The van der Waals surface area contributed by atoms with E-state index < -0.39 is 5.97 Å². The number of thioether (sulfide) groups is 1. The predicted octanol–water partition coefficient (Wildman–Crippen LogP) is 8.25. The second-order valence-corrected chi connectivity index (χ2v) is 9.04. The standard InChI is InChI=1S/C28H18Cl2O3S/c29-23-15-11-19(12-16-23)25(33-27(31)21-7-3-1-4-8-21)26(20-13-17-24(30)18-14-20)34-28(32)22-9-5-2-6-10-22/h1-18H/b26-25-. The van der Waals surface area contributed by atoms with Crippen LogP contribution < -0.4 is 0 Å². The second-order valence-electron chi connectivity index (χ2n) is 7.18. The number of halogens is 2. The maximum Gasteiger partial charge on any atom is 0.343 e. The Labute approximate surface area is 212 Å². The summed E-state index contributed by atoms with van der Waals surface area (Å²) in [6, 6.07) is 31.5. The molecule has 0 amide bonds. The third kappa shape index (κ3) is 5.97. The van der Waals surface area contributed by atoms with E-state index in [1.54, 1.807) is 97.1 Å². The van der Waals surface area contributed by atoms with Crippen molar-refractivity contribution in [2.45, 2.75) is 0 Å². The minimum absolute atomic E-state index is 0.187. The van der Waals surface area contributed by atoms with Crippen molar-refractivity contribution in [3.63, 3.8) is 0 Å². The van der Waals surface area contributed by atoms with E-state index in [-0.39, 0.29) is 10.9 Å². The molecule has 4 aromatic carbocycles. The van der Waals surface area contributed by atoms with Gasteiger partial charge < -0.3 is 4.74 Å². The van der Waals surface area contributed by atoms with Gasteiger partial charge in [0.1, 0.15) is 0 Å². The molecule has 0 saturated carbocycles. The normalized spacial score (nSPS) is 11.5. The van der Waals surface area contributed by atoms with Crippen molar-refractivity contribution >= 4 is 56.7 Å². The molecule has 0 radical (unpaired) electrons. The molecule has 4 aromatic rings. The fraction of sp³-hybridized carbons (Fsp3) is 0. The summed E-state index contributed by atoms with van der Waals surface area (Å²) >= 11 is 13.2. The summed E-state index contributed by atoms with van der Waals surface area (Å²) in [6.45, 7) is 0. The van der Waals surface area contributed by atoms with Crippen molar-refractivity contribution in [3.8, 4) is 0 Å². The number of benzene rings is 4. The lowest BCUT2D eigenvalue weighted by atomic mass is 10.1. The van der Waals surface area contributed by atoms with Gasteiger partial charge in [-0.25, -0.2) is 4.79 Å². The predicted molar refractivity (Wildman–Crippen MR) is 140 cm³/mol. The van der Waals surface area contributed by atoms with Crippen LogP contribution in [0, 0.1) is 0 Å². The Morgan fingerprint density at radius 3 is 1.56 bits per heavy atom. The van der Waals surface area contributed by atoms with E-state index in [4.69, 9.17) is 27.9 Å². The third-order valence-corrected chi connectivity index (χ3v) is 6.38. The zero-order valence-corrected chi connectivity index (χ0v) is 20.1. The average molecular weight is 505 g/mol. The van der Waals surface area contributed by atoms with Crippen LogP contribution >= 0.6 is 35.0 Å². The molecule has 4 rings (SSSR count). The molecule has 0 N–H and O–H groups in total. The molecule has 0 aliphatic carbocycles. The Bertz CT molecular complexity index is 1210. The van der Waals surface area contributed by atoms with Crippen molar-refractivity contribution in [1.29, 1.82) is 0 Å². The molecule has 168 valence electrons. The first-order chi connectivity index (χ1) is 16.5. The third-order valence-electron chi connectivity index (χ3n) is 4.83. The summed E-state index contributed by atoms with van der Waals surface area (Å²) in [5.41, 5.74) is 2.21. The number of esters is 1. The fourth-order valence-electron chi connectivity index (χ4n) is 3.13. The molecule has 34 heavy (non-hydrogen) atoms. The summed E-state index contributed by atoms with van der Waals surface area (Å²) in [5, 5.41) is 0.906. The van der Waals surface area contributed by atoms with Gasteiger partial charge >= 0.3 is 5.97 Å². The van der Waals surface area contributed by atoms with E-state index in [1.165, 1.54) is 0 Å². The van der Waals surface area contributed by atoms with Gasteiger partial charge in [-0.05, 0) is 65.9 Å². The molecule has 0 spiro atoms. The lowest BCUT2D eigenvalue weighted by Gasteiger charge is -2.16. The highest BCUT2D eigenvalue weighted by atomic mass is 35.5. The number of carbonyl (C=O) groups is 2. The summed E-state index contributed by atoms with van der Waals surface area (Å²) in [4.78, 5) is 26.7. The van der Waals surface area contributed by atoms with Gasteiger partial charge in [-0.2, -0.15) is 0 Å². The van der Waals surface area contributed by atoms with E-state index in [0.717, 1.165) is 11.8 Å². The summed E-state index contributed by atoms with van der Waals surface area (Å²) in [6.07, 6.45) is 0. The van der Waals surface area contributed by atoms with Crippen LogP contribution in [0.25, 0.3) is 10.7 Å². The Hall–Kier alpha value is -3.31. The van der Waals surface area contributed by atoms with Crippen molar-refractivity contribution in [2.75, 3.05) is 0 Å². The van der Waals surface area contributed by atoms with Gasteiger partial charge in [0.05, 0.1) is 10.5 Å². The zero-order chi connectivity index (χ0) is 23.9. The highest BCUT2D eigenvalue weighted by molar-refractivity contribution is 8.22. The Morgan fingerprint density at radius 1 is 0.559 bits per heavy atom. The van der Waals surface area contributed by atoms with Crippen LogP contribution in [0.15, 0.2) is 109 Å². The van der Waals surface area contributed by atoms with Crippen molar-refractivity contribution < 1.29 is 14.3 Å². The molecular weight excluding hydrogens is 487 g/mol. The van der Waals surface area contributed by atoms with Crippen molar-refractivity contribution in [1.82, 2.24) is 0 Å². The minimum Gasteiger partial charge on any atom is -0.421 e. The van der Waals surface area contributed by atoms with E-state index in [0.29, 0.717) is 37.2 Å². The van der Waals surface area contributed by atoms with Gasteiger partial charge in [0, 0.05) is 21.2 Å². The van der Waals surface area contributed by atoms with E-state index in [2.05, 4.69) is 0 Å². The topological polar surface area (TPSA) is 43.4 Å². The van der Waals surface area contributed by atoms with Crippen LogP contribution in [0.1, 0.15) is 31.8 Å². The van der Waals surface area contributed by atoms with Crippen molar-refractivity contribution in [3.05, 3.63) is 141 Å². The summed E-state index contributed by atoms with van der Waals surface area (Å²) < 4.78 is 5.94. The molecule has 6 heteroatoms. The molecule has 3 nitrogen and oxygen atoms in total. The molecule has 0 aliphatic rings. The first-order valence-electron chi connectivity index (χ1n) is 10.3. The number of rotatable bonds is 6. The van der Waals surface area contributed by atoms with Crippen LogP contribution in [-0.2, 0) is 4.74 Å². The molecule has 0 aliphatic heterocycles. The van der Waals surface area contributed by atoms with Crippen LogP contribution in [0.2, 0.25) is 10.0 Å². The summed E-state index contributed by atoms with van der Waals surface area (Å²) in [7, 11) is 0. The van der Waals surface area contributed by atoms with E-state index in [1.807, 2.05) is 12.1 Å².